The van der Waals surface area contributed by atoms with Crippen LogP contribution in [0.3, 0.4) is 0 Å². The van der Waals surface area contributed by atoms with Crippen molar-refractivity contribution in [3.05, 3.63) is 47.8 Å². The molecule has 0 radical (unpaired) electrons. The maximum Gasteiger partial charge on any atom is 0.274 e. The van der Waals surface area contributed by atoms with Crippen LogP contribution in [0.25, 0.3) is 0 Å². The van der Waals surface area contributed by atoms with Gasteiger partial charge in [-0.1, -0.05) is 0 Å². The highest BCUT2D eigenvalue weighted by molar-refractivity contribution is 5.92. The molecule has 27 heavy (non-hydrogen) atoms. The van der Waals surface area contributed by atoms with Crippen LogP contribution in [0.5, 0.6) is 0 Å². The van der Waals surface area contributed by atoms with Gasteiger partial charge in [0.2, 0.25) is 0 Å². The van der Waals surface area contributed by atoms with E-state index in [0.29, 0.717) is 5.69 Å². The number of pyridine rings is 1. The summed E-state index contributed by atoms with van der Waals surface area (Å²) in [5, 5.41) is 0. The average Bonchev–Trinajstić information content (AvgIpc) is 3.18. The number of anilines is 1. The highest BCUT2D eigenvalue weighted by atomic mass is 16.2. The van der Waals surface area contributed by atoms with Crippen molar-refractivity contribution in [1.82, 2.24) is 24.8 Å². The van der Waals surface area contributed by atoms with Crippen molar-refractivity contribution in [1.29, 1.82) is 0 Å². The Morgan fingerprint density at radius 2 is 1.93 bits per heavy atom. The molecule has 4 rings (SSSR count). The molecule has 0 bridgehead atoms. The first kappa shape index (κ1) is 17.9. The number of hydrogen-bond donors (Lipinski definition) is 0. The van der Waals surface area contributed by atoms with E-state index in [1.165, 1.54) is 11.9 Å². The van der Waals surface area contributed by atoms with Crippen LogP contribution >= 0.6 is 0 Å². The van der Waals surface area contributed by atoms with Crippen LogP contribution in [-0.2, 0) is 0 Å². The number of piperazine rings is 1. The topological polar surface area (TPSA) is 65.5 Å². The number of aryl methyl sites for hydroxylation is 1. The van der Waals surface area contributed by atoms with E-state index in [1.807, 2.05) is 11.8 Å². The highest BCUT2D eigenvalue weighted by Gasteiger charge is 2.32. The summed E-state index contributed by atoms with van der Waals surface area (Å²) in [6, 6.07) is 4.33. The second-order valence-electron chi connectivity index (χ2n) is 7.43. The van der Waals surface area contributed by atoms with Gasteiger partial charge in [-0.05, 0) is 38.9 Å². The Balaban J connectivity index is 1.59. The van der Waals surface area contributed by atoms with E-state index < -0.39 is 0 Å². The number of likely N-dealkylation sites (tertiary alicyclic amines) is 1. The molecule has 1 amide bonds. The Morgan fingerprint density at radius 1 is 1.11 bits per heavy atom. The van der Waals surface area contributed by atoms with Crippen LogP contribution in [0.1, 0.15) is 40.8 Å². The zero-order valence-corrected chi connectivity index (χ0v) is 16.0. The smallest absolute Gasteiger partial charge is 0.274 e. The molecular weight excluding hydrogens is 340 g/mol. The van der Waals surface area contributed by atoms with Crippen LogP contribution in [0, 0.1) is 6.92 Å². The lowest BCUT2D eigenvalue weighted by atomic mass is 10.1. The van der Waals surface area contributed by atoms with Gasteiger partial charge in [0.25, 0.3) is 5.91 Å². The van der Waals surface area contributed by atoms with Gasteiger partial charge in [0.1, 0.15) is 5.69 Å². The summed E-state index contributed by atoms with van der Waals surface area (Å²) in [4.78, 5) is 32.6. The number of aromatic nitrogens is 3. The predicted molar refractivity (Wildman–Crippen MR) is 104 cm³/mol. The first-order valence-corrected chi connectivity index (χ1v) is 9.61. The third-order valence-corrected chi connectivity index (χ3v) is 5.46. The van der Waals surface area contributed by atoms with Gasteiger partial charge in [0, 0.05) is 56.5 Å². The quantitative estimate of drug-likeness (QED) is 0.827. The lowest BCUT2D eigenvalue weighted by Gasteiger charge is -2.34. The molecule has 0 aliphatic carbocycles. The maximum absolute atomic E-state index is 12.9. The van der Waals surface area contributed by atoms with Gasteiger partial charge in [-0.3, -0.25) is 14.8 Å². The largest absolute Gasteiger partial charge is 0.369 e. The van der Waals surface area contributed by atoms with Gasteiger partial charge in [0.15, 0.2) is 0 Å². The first-order chi connectivity index (χ1) is 13.1. The van der Waals surface area contributed by atoms with Crippen molar-refractivity contribution >= 4 is 11.6 Å². The minimum Gasteiger partial charge on any atom is -0.369 e. The molecule has 2 aliphatic rings. The summed E-state index contributed by atoms with van der Waals surface area (Å²) in [6.07, 6.45) is 6.61. The molecule has 2 saturated heterocycles. The molecule has 0 spiro atoms. The SMILES string of the molecule is Cc1cc(N2CCN(C)CC2)cc(C2CCCN2C(=O)c2cnccn2)n1. The summed E-state index contributed by atoms with van der Waals surface area (Å²) in [5.74, 6) is -0.0601. The number of carbonyl (C=O) groups is 1. The maximum atomic E-state index is 12.9. The fourth-order valence-electron chi connectivity index (χ4n) is 3.97. The van der Waals surface area contributed by atoms with Crippen molar-refractivity contribution in [3.63, 3.8) is 0 Å². The van der Waals surface area contributed by atoms with Gasteiger partial charge in [-0.25, -0.2) is 4.98 Å². The van der Waals surface area contributed by atoms with E-state index in [-0.39, 0.29) is 11.9 Å². The fourth-order valence-corrected chi connectivity index (χ4v) is 3.97. The number of amides is 1. The van der Waals surface area contributed by atoms with Crippen LogP contribution in [0.15, 0.2) is 30.7 Å². The van der Waals surface area contributed by atoms with Crippen LogP contribution < -0.4 is 4.90 Å². The summed E-state index contributed by atoms with van der Waals surface area (Å²) in [6.45, 7) is 6.94. The molecule has 2 fully saturated rings. The third-order valence-electron chi connectivity index (χ3n) is 5.46. The summed E-state index contributed by atoms with van der Waals surface area (Å²) < 4.78 is 0. The Hall–Kier alpha value is -2.54. The molecule has 1 unspecified atom stereocenters. The van der Waals surface area contributed by atoms with Crippen molar-refractivity contribution < 1.29 is 4.79 Å². The van der Waals surface area contributed by atoms with E-state index in [4.69, 9.17) is 4.98 Å². The molecule has 0 saturated carbocycles. The second-order valence-corrected chi connectivity index (χ2v) is 7.43. The molecule has 7 heteroatoms. The normalized spacial score (nSPS) is 20.9. The molecule has 2 aliphatic heterocycles. The molecule has 1 atom stereocenters. The second kappa shape index (κ2) is 7.60. The molecule has 142 valence electrons. The lowest BCUT2D eigenvalue weighted by Crippen LogP contribution is -2.44. The Labute approximate surface area is 160 Å². The monoisotopic (exact) mass is 366 g/mol. The molecule has 0 aromatic carbocycles. The van der Waals surface area contributed by atoms with Gasteiger partial charge in [-0.2, -0.15) is 0 Å². The van der Waals surface area contributed by atoms with E-state index >= 15 is 0 Å². The summed E-state index contributed by atoms with van der Waals surface area (Å²) in [5.41, 5.74) is 3.60. The van der Waals surface area contributed by atoms with E-state index in [9.17, 15) is 4.79 Å². The Bertz CT molecular complexity index is 803. The van der Waals surface area contributed by atoms with Crippen molar-refractivity contribution in [2.75, 3.05) is 44.7 Å². The average molecular weight is 366 g/mol. The summed E-state index contributed by atoms with van der Waals surface area (Å²) >= 11 is 0. The first-order valence-electron chi connectivity index (χ1n) is 9.61. The molecule has 4 heterocycles. The van der Waals surface area contributed by atoms with Gasteiger partial charge < -0.3 is 14.7 Å². The Morgan fingerprint density at radius 3 is 2.67 bits per heavy atom. The van der Waals surface area contributed by atoms with Crippen molar-refractivity contribution in [3.8, 4) is 0 Å². The van der Waals surface area contributed by atoms with Gasteiger partial charge in [0.05, 0.1) is 17.9 Å². The van der Waals surface area contributed by atoms with Crippen molar-refractivity contribution in [2.24, 2.45) is 0 Å². The molecule has 0 N–H and O–H groups in total. The highest BCUT2D eigenvalue weighted by Crippen LogP contribution is 2.34. The van der Waals surface area contributed by atoms with Crippen LogP contribution in [0.4, 0.5) is 5.69 Å². The Kier molecular flexibility index (Phi) is 5.03. The van der Waals surface area contributed by atoms with E-state index in [1.54, 1.807) is 12.4 Å². The number of rotatable bonds is 3. The molecule has 2 aromatic heterocycles. The van der Waals surface area contributed by atoms with Crippen LogP contribution in [-0.4, -0.2) is 70.4 Å². The fraction of sp³-hybridized carbons (Fsp3) is 0.500. The zero-order valence-electron chi connectivity index (χ0n) is 16.0. The molecular formula is C20H26N6O. The number of nitrogens with zero attached hydrogens (tertiary/aromatic N) is 6. The number of carbonyl (C=O) groups excluding carboxylic acids is 1. The summed E-state index contributed by atoms with van der Waals surface area (Å²) in [7, 11) is 2.16. The number of hydrogen-bond acceptors (Lipinski definition) is 6. The molecule has 2 aromatic rings. The minimum absolute atomic E-state index is 0.00520. The third kappa shape index (κ3) is 3.78. The number of likely N-dealkylation sites (N-methyl/N-ethyl adjacent to an activating group) is 1. The molecule has 7 nitrogen and oxygen atoms in total. The van der Waals surface area contributed by atoms with E-state index in [2.05, 4.69) is 38.9 Å². The minimum atomic E-state index is -0.0601. The van der Waals surface area contributed by atoms with Gasteiger partial charge >= 0.3 is 0 Å². The van der Waals surface area contributed by atoms with Crippen LogP contribution in [0.2, 0.25) is 0 Å². The van der Waals surface area contributed by atoms with Crippen molar-refractivity contribution in [2.45, 2.75) is 25.8 Å². The standard InChI is InChI=1S/C20H26N6O/c1-15-12-16(25-10-8-24(2)9-11-25)13-17(23-15)19-4-3-7-26(19)20(27)18-14-21-5-6-22-18/h5-6,12-14,19H,3-4,7-11H2,1-2H3. The zero-order chi connectivity index (χ0) is 18.8. The lowest BCUT2D eigenvalue weighted by molar-refractivity contribution is 0.0726. The predicted octanol–water partition coefficient (Wildman–Crippen LogP) is 1.91. The van der Waals surface area contributed by atoms with Gasteiger partial charge in [-0.15, -0.1) is 0 Å². The van der Waals surface area contributed by atoms with E-state index in [0.717, 1.165) is 57.0 Å².